The highest BCUT2D eigenvalue weighted by molar-refractivity contribution is 9.10. The molecular weight excluding hydrogens is 336 g/mol. The SMILES string of the molecule is Cc1c(CNC(=O)c2ccccc2Br)cccc1[N+](=O)[O-]. The summed E-state index contributed by atoms with van der Waals surface area (Å²) in [5.41, 5.74) is 1.88. The normalized spacial score (nSPS) is 10.2. The molecule has 2 aromatic carbocycles. The number of carbonyl (C=O) groups is 1. The number of hydrogen-bond donors (Lipinski definition) is 1. The Morgan fingerprint density at radius 3 is 2.62 bits per heavy atom. The average Bonchev–Trinajstić information content (AvgIpc) is 2.46. The first-order valence-electron chi connectivity index (χ1n) is 6.26. The maximum Gasteiger partial charge on any atom is 0.272 e. The monoisotopic (exact) mass is 348 g/mol. The van der Waals surface area contributed by atoms with Crippen molar-refractivity contribution in [3.8, 4) is 0 Å². The van der Waals surface area contributed by atoms with Crippen LogP contribution in [0.3, 0.4) is 0 Å². The third-order valence-electron chi connectivity index (χ3n) is 3.17. The topological polar surface area (TPSA) is 72.2 Å². The van der Waals surface area contributed by atoms with Gasteiger partial charge in [0.15, 0.2) is 0 Å². The standard InChI is InChI=1S/C15H13BrN2O3/c1-10-11(5-4-8-14(10)18(20)21)9-17-15(19)12-6-2-3-7-13(12)16/h2-8H,9H2,1H3,(H,17,19). The van der Waals surface area contributed by atoms with Crippen molar-refractivity contribution in [2.75, 3.05) is 0 Å². The highest BCUT2D eigenvalue weighted by atomic mass is 79.9. The largest absolute Gasteiger partial charge is 0.348 e. The number of nitro groups is 1. The lowest BCUT2D eigenvalue weighted by molar-refractivity contribution is -0.385. The summed E-state index contributed by atoms with van der Waals surface area (Å²) in [5.74, 6) is -0.228. The highest BCUT2D eigenvalue weighted by Gasteiger charge is 2.14. The van der Waals surface area contributed by atoms with Crippen molar-refractivity contribution in [1.29, 1.82) is 0 Å². The van der Waals surface area contributed by atoms with Crippen LogP contribution in [0, 0.1) is 17.0 Å². The third kappa shape index (κ3) is 3.46. The molecule has 0 aliphatic rings. The van der Waals surface area contributed by atoms with Gasteiger partial charge in [0.1, 0.15) is 0 Å². The van der Waals surface area contributed by atoms with Gasteiger partial charge < -0.3 is 5.32 Å². The van der Waals surface area contributed by atoms with Crippen molar-refractivity contribution < 1.29 is 9.72 Å². The summed E-state index contributed by atoms with van der Waals surface area (Å²) in [7, 11) is 0. The minimum Gasteiger partial charge on any atom is -0.348 e. The zero-order chi connectivity index (χ0) is 15.4. The number of nitrogens with zero attached hydrogens (tertiary/aromatic N) is 1. The van der Waals surface area contributed by atoms with E-state index in [0.29, 0.717) is 15.6 Å². The highest BCUT2D eigenvalue weighted by Crippen LogP contribution is 2.21. The van der Waals surface area contributed by atoms with Gasteiger partial charge in [0.2, 0.25) is 0 Å². The fraction of sp³-hybridized carbons (Fsp3) is 0.133. The zero-order valence-electron chi connectivity index (χ0n) is 11.3. The molecule has 0 bridgehead atoms. The predicted octanol–water partition coefficient (Wildman–Crippen LogP) is 3.60. The number of halogens is 1. The summed E-state index contributed by atoms with van der Waals surface area (Å²) in [4.78, 5) is 22.6. The van der Waals surface area contributed by atoms with Gasteiger partial charge in [-0.1, -0.05) is 24.3 Å². The molecule has 0 heterocycles. The minimum atomic E-state index is -0.422. The first-order valence-corrected chi connectivity index (χ1v) is 7.05. The first kappa shape index (κ1) is 15.2. The van der Waals surface area contributed by atoms with E-state index in [-0.39, 0.29) is 18.1 Å². The van der Waals surface area contributed by atoms with Crippen LogP contribution < -0.4 is 5.32 Å². The molecule has 0 aliphatic carbocycles. The Morgan fingerprint density at radius 1 is 1.24 bits per heavy atom. The minimum absolute atomic E-state index is 0.0580. The molecule has 1 N–H and O–H groups in total. The number of hydrogen-bond acceptors (Lipinski definition) is 3. The van der Waals surface area contributed by atoms with Gasteiger partial charge in [0.25, 0.3) is 11.6 Å². The van der Waals surface area contributed by atoms with Gasteiger partial charge in [-0.3, -0.25) is 14.9 Å². The van der Waals surface area contributed by atoms with Crippen LogP contribution in [0.25, 0.3) is 0 Å². The van der Waals surface area contributed by atoms with Gasteiger partial charge >= 0.3 is 0 Å². The van der Waals surface area contributed by atoms with Crippen molar-refractivity contribution in [2.24, 2.45) is 0 Å². The van der Waals surface area contributed by atoms with Gasteiger partial charge in [-0.2, -0.15) is 0 Å². The van der Waals surface area contributed by atoms with E-state index in [1.807, 2.05) is 6.07 Å². The lowest BCUT2D eigenvalue weighted by atomic mass is 10.1. The number of carbonyl (C=O) groups excluding carboxylic acids is 1. The van der Waals surface area contributed by atoms with Gasteiger partial charge in [0.05, 0.1) is 10.5 Å². The Hall–Kier alpha value is -2.21. The van der Waals surface area contributed by atoms with E-state index in [2.05, 4.69) is 21.2 Å². The van der Waals surface area contributed by atoms with E-state index in [1.165, 1.54) is 6.07 Å². The second kappa shape index (κ2) is 6.49. The third-order valence-corrected chi connectivity index (χ3v) is 3.86. The molecule has 5 nitrogen and oxygen atoms in total. The van der Waals surface area contributed by atoms with E-state index in [9.17, 15) is 14.9 Å². The summed E-state index contributed by atoms with van der Waals surface area (Å²) in [5, 5.41) is 13.7. The molecule has 0 spiro atoms. The molecule has 0 unspecified atom stereocenters. The van der Waals surface area contributed by atoms with Crippen LogP contribution in [-0.2, 0) is 6.54 Å². The molecule has 0 fully saturated rings. The van der Waals surface area contributed by atoms with Crippen LogP contribution in [0.2, 0.25) is 0 Å². The zero-order valence-corrected chi connectivity index (χ0v) is 12.9. The number of benzene rings is 2. The fourth-order valence-corrected chi connectivity index (χ4v) is 2.44. The van der Waals surface area contributed by atoms with E-state index >= 15 is 0 Å². The molecule has 0 aliphatic heterocycles. The van der Waals surface area contributed by atoms with Gasteiger partial charge in [-0.05, 0) is 40.5 Å². The molecule has 0 aromatic heterocycles. The first-order chi connectivity index (χ1) is 10.0. The van der Waals surface area contributed by atoms with Crippen LogP contribution in [-0.4, -0.2) is 10.8 Å². The Morgan fingerprint density at radius 2 is 1.95 bits per heavy atom. The fourth-order valence-electron chi connectivity index (χ4n) is 1.98. The summed E-state index contributed by atoms with van der Waals surface area (Å²) in [6.45, 7) is 1.92. The number of amides is 1. The van der Waals surface area contributed by atoms with Crippen molar-refractivity contribution in [3.63, 3.8) is 0 Å². The lowest BCUT2D eigenvalue weighted by Crippen LogP contribution is -2.23. The van der Waals surface area contributed by atoms with Crippen LogP contribution >= 0.6 is 15.9 Å². The molecule has 0 radical (unpaired) electrons. The molecule has 0 atom stereocenters. The summed E-state index contributed by atoms with van der Waals surface area (Å²) in [6, 6.07) is 11.9. The van der Waals surface area contributed by atoms with Crippen molar-refractivity contribution >= 4 is 27.5 Å². The van der Waals surface area contributed by atoms with Crippen molar-refractivity contribution in [1.82, 2.24) is 5.32 Å². The van der Waals surface area contributed by atoms with Gasteiger partial charge in [-0.25, -0.2) is 0 Å². The molecule has 2 aromatic rings. The Balaban J connectivity index is 2.14. The molecule has 0 saturated carbocycles. The smallest absolute Gasteiger partial charge is 0.272 e. The van der Waals surface area contributed by atoms with Crippen molar-refractivity contribution in [3.05, 3.63) is 73.7 Å². The molecule has 2 rings (SSSR count). The summed E-state index contributed by atoms with van der Waals surface area (Å²) < 4.78 is 0.707. The van der Waals surface area contributed by atoms with E-state index in [1.54, 1.807) is 37.3 Å². The quantitative estimate of drug-likeness (QED) is 0.677. The molecule has 1 amide bonds. The maximum absolute atomic E-state index is 12.1. The van der Waals surface area contributed by atoms with Crippen LogP contribution in [0.15, 0.2) is 46.9 Å². The summed E-state index contributed by atoms with van der Waals surface area (Å²) >= 11 is 3.32. The Bertz CT molecular complexity index is 701. The van der Waals surface area contributed by atoms with E-state index < -0.39 is 4.92 Å². The Labute approximate surface area is 130 Å². The molecular formula is C15H13BrN2O3. The summed E-state index contributed by atoms with van der Waals surface area (Å²) in [6.07, 6.45) is 0. The van der Waals surface area contributed by atoms with Gasteiger partial charge in [0, 0.05) is 22.6 Å². The number of rotatable bonds is 4. The van der Waals surface area contributed by atoms with Crippen LogP contribution in [0.4, 0.5) is 5.69 Å². The Kier molecular flexibility index (Phi) is 4.70. The molecule has 6 heteroatoms. The molecule has 0 saturated heterocycles. The van der Waals surface area contributed by atoms with Crippen LogP contribution in [0.1, 0.15) is 21.5 Å². The van der Waals surface area contributed by atoms with Gasteiger partial charge in [-0.15, -0.1) is 0 Å². The van der Waals surface area contributed by atoms with E-state index in [4.69, 9.17) is 0 Å². The second-order valence-electron chi connectivity index (χ2n) is 4.48. The number of nitro benzene ring substituents is 1. The van der Waals surface area contributed by atoms with E-state index in [0.717, 1.165) is 5.56 Å². The molecule has 21 heavy (non-hydrogen) atoms. The van der Waals surface area contributed by atoms with Crippen molar-refractivity contribution in [2.45, 2.75) is 13.5 Å². The molecule has 108 valence electrons. The predicted molar refractivity (Wildman–Crippen MR) is 83.1 cm³/mol. The average molecular weight is 349 g/mol. The number of nitrogens with one attached hydrogen (secondary N) is 1. The second-order valence-corrected chi connectivity index (χ2v) is 5.34. The lowest BCUT2D eigenvalue weighted by Gasteiger charge is -2.09. The van der Waals surface area contributed by atoms with Crippen LogP contribution in [0.5, 0.6) is 0 Å². The maximum atomic E-state index is 12.1.